The van der Waals surface area contributed by atoms with E-state index in [1.54, 1.807) is 0 Å². The lowest BCUT2D eigenvalue weighted by Crippen LogP contribution is -2.11. The van der Waals surface area contributed by atoms with Crippen molar-refractivity contribution in [2.45, 2.75) is 65.2 Å². The summed E-state index contributed by atoms with van der Waals surface area (Å²) in [5, 5.41) is 0. The first-order chi connectivity index (χ1) is 11.8. The fourth-order valence-corrected chi connectivity index (χ4v) is 3.38. The lowest BCUT2D eigenvalue weighted by molar-refractivity contribution is 0.304. The Bertz CT molecular complexity index is 569. The minimum absolute atomic E-state index is 0.752. The molecule has 2 rings (SSSR count). The van der Waals surface area contributed by atoms with Crippen molar-refractivity contribution in [1.29, 1.82) is 0 Å². The predicted octanol–water partition coefficient (Wildman–Crippen LogP) is 6.82. The van der Waals surface area contributed by atoms with Crippen LogP contribution in [0, 0.1) is 23.7 Å². The van der Waals surface area contributed by atoms with Crippen LogP contribution in [0.5, 0.6) is 0 Å². The average molecular weight is 321 g/mol. The minimum atomic E-state index is 0.752. The van der Waals surface area contributed by atoms with Gasteiger partial charge in [0.2, 0.25) is 0 Å². The van der Waals surface area contributed by atoms with Gasteiger partial charge in [-0.2, -0.15) is 0 Å². The number of rotatable bonds is 6. The highest BCUT2D eigenvalue weighted by molar-refractivity contribution is 5.53. The van der Waals surface area contributed by atoms with Crippen LogP contribution < -0.4 is 0 Å². The van der Waals surface area contributed by atoms with Gasteiger partial charge in [0.15, 0.2) is 0 Å². The van der Waals surface area contributed by atoms with E-state index in [1.807, 2.05) is 6.08 Å². The van der Waals surface area contributed by atoms with Crippen molar-refractivity contribution < 1.29 is 0 Å². The summed E-state index contributed by atoms with van der Waals surface area (Å²) in [6.07, 6.45) is 19.0. The van der Waals surface area contributed by atoms with E-state index < -0.39 is 0 Å². The third kappa shape index (κ3) is 6.79. The molecule has 0 amide bonds. The molecule has 0 heteroatoms. The molecule has 0 bridgehead atoms. The summed E-state index contributed by atoms with van der Waals surface area (Å²) in [5.41, 5.74) is 2.66. The molecule has 1 aromatic carbocycles. The summed E-state index contributed by atoms with van der Waals surface area (Å²) in [5.74, 6) is 8.00. The zero-order valence-corrected chi connectivity index (χ0v) is 15.4. The van der Waals surface area contributed by atoms with Crippen LogP contribution in [0.4, 0.5) is 0 Å². The summed E-state index contributed by atoms with van der Waals surface area (Å²) in [6.45, 7) is 4.55. The van der Waals surface area contributed by atoms with Gasteiger partial charge in [-0.05, 0) is 79.7 Å². The second-order valence-corrected chi connectivity index (χ2v) is 7.02. The third-order valence-corrected chi connectivity index (χ3v) is 5.16. The first-order valence-corrected chi connectivity index (χ1v) is 9.75. The second kappa shape index (κ2) is 10.9. The van der Waals surface area contributed by atoms with Gasteiger partial charge in [-0.3, -0.25) is 0 Å². The van der Waals surface area contributed by atoms with Crippen molar-refractivity contribution >= 4 is 6.08 Å². The van der Waals surface area contributed by atoms with Crippen LogP contribution in [0.25, 0.3) is 6.08 Å². The predicted molar refractivity (Wildman–Crippen MR) is 107 cm³/mol. The van der Waals surface area contributed by atoms with Crippen LogP contribution in [0.2, 0.25) is 0 Å². The van der Waals surface area contributed by atoms with E-state index in [1.165, 1.54) is 62.5 Å². The van der Waals surface area contributed by atoms with Gasteiger partial charge in [0, 0.05) is 0 Å². The SMILES string of the molecule is CCCCc1ccc(C=CC#CC=C[C@H]2CC[C@H](CC)CC2)cc1. The fraction of sp³-hybridized carbons (Fsp3) is 0.500. The topological polar surface area (TPSA) is 0 Å². The number of hydrogen-bond acceptors (Lipinski definition) is 0. The van der Waals surface area contributed by atoms with Gasteiger partial charge in [0.1, 0.15) is 0 Å². The van der Waals surface area contributed by atoms with E-state index >= 15 is 0 Å². The number of benzene rings is 1. The molecule has 0 aromatic heterocycles. The molecule has 1 saturated carbocycles. The molecule has 0 spiro atoms. The summed E-state index contributed by atoms with van der Waals surface area (Å²) < 4.78 is 0. The van der Waals surface area contributed by atoms with Crippen molar-refractivity contribution in [1.82, 2.24) is 0 Å². The molecule has 0 N–H and O–H groups in total. The van der Waals surface area contributed by atoms with E-state index in [9.17, 15) is 0 Å². The molecule has 0 saturated heterocycles. The Morgan fingerprint density at radius 2 is 1.67 bits per heavy atom. The van der Waals surface area contributed by atoms with Crippen LogP contribution >= 0.6 is 0 Å². The molecule has 1 fully saturated rings. The van der Waals surface area contributed by atoms with E-state index in [4.69, 9.17) is 0 Å². The molecule has 1 aliphatic carbocycles. The molecule has 0 atom stereocenters. The lowest BCUT2D eigenvalue weighted by Gasteiger charge is -2.25. The Hall–Kier alpha value is -1.74. The Labute approximate surface area is 149 Å². The quantitative estimate of drug-likeness (QED) is 0.504. The number of aryl methyl sites for hydroxylation is 1. The molecule has 0 heterocycles. The van der Waals surface area contributed by atoms with Crippen LogP contribution in [-0.2, 0) is 6.42 Å². The lowest BCUT2D eigenvalue weighted by atomic mass is 9.81. The largest absolute Gasteiger partial charge is 0.0730 e. The maximum atomic E-state index is 3.15. The van der Waals surface area contributed by atoms with Gasteiger partial charge in [-0.25, -0.2) is 0 Å². The summed E-state index contributed by atoms with van der Waals surface area (Å²) in [7, 11) is 0. The molecule has 1 aliphatic rings. The third-order valence-electron chi connectivity index (χ3n) is 5.16. The molecule has 128 valence electrons. The molecule has 0 aliphatic heterocycles. The van der Waals surface area contributed by atoms with Crippen LogP contribution in [0.1, 0.15) is 69.9 Å². The first kappa shape index (κ1) is 18.6. The van der Waals surface area contributed by atoms with Gasteiger partial charge in [0.25, 0.3) is 0 Å². The Morgan fingerprint density at radius 3 is 2.33 bits per heavy atom. The standard InChI is InChI=1S/C24H32/c1-3-5-10-22-17-19-24(20-18-22)12-9-7-6-8-11-23-15-13-21(4-2)14-16-23/h8-9,11-12,17-21,23H,3-5,10,13-16H2,1-2H3/t21-,23-. The van der Waals surface area contributed by atoms with Crippen LogP contribution in [0.3, 0.4) is 0 Å². The first-order valence-electron chi connectivity index (χ1n) is 9.75. The van der Waals surface area contributed by atoms with Crippen molar-refractivity contribution in [3.63, 3.8) is 0 Å². The van der Waals surface area contributed by atoms with Crippen LogP contribution in [0.15, 0.2) is 42.5 Å². The zero-order valence-electron chi connectivity index (χ0n) is 15.4. The second-order valence-electron chi connectivity index (χ2n) is 7.02. The molecular weight excluding hydrogens is 288 g/mol. The summed E-state index contributed by atoms with van der Waals surface area (Å²) >= 11 is 0. The molecular formula is C24H32. The molecule has 0 nitrogen and oxygen atoms in total. The monoisotopic (exact) mass is 320 g/mol. The van der Waals surface area contributed by atoms with Gasteiger partial charge in [-0.1, -0.05) is 68.9 Å². The van der Waals surface area contributed by atoms with E-state index in [2.05, 4.69) is 68.2 Å². The van der Waals surface area contributed by atoms with Crippen molar-refractivity contribution in [3.8, 4) is 11.8 Å². The van der Waals surface area contributed by atoms with E-state index in [-0.39, 0.29) is 0 Å². The minimum Gasteiger partial charge on any atom is -0.0730 e. The molecule has 0 unspecified atom stereocenters. The molecule has 24 heavy (non-hydrogen) atoms. The van der Waals surface area contributed by atoms with E-state index in [0.717, 1.165) is 11.8 Å². The van der Waals surface area contributed by atoms with Gasteiger partial charge in [0.05, 0.1) is 0 Å². The van der Waals surface area contributed by atoms with Crippen molar-refractivity contribution in [2.75, 3.05) is 0 Å². The van der Waals surface area contributed by atoms with Gasteiger partial charge in [-0.15, -0.1) is 0 Å². The van der Waals surface area contributed by atoms with Crippen LogP contribution in [-0.4, -0.2) is 0 Å². The van der Waals surface area contributed by atoms with Gasteiger partial charge >= 0.3 is 0 Å². The smallest absolute Gasteiger partial charge is 0.0109 e. The highest BCUT2D eigenvalue weighted by Gasteiger charge is 2.17. The Morgan fingerprint density at radius 1 is 0.958 bits per heavy atom. The highest BCUT2D eigenvalue weighted by Crippen LogP contribution is 2.31. The zero-order chi connectivity index (χ0) is 17.0. The average Bonchev–Trinajstić information content (AvgIpc) is 2.64. The maximum absolute atomic E-state index is 3.15. The summed E-state index contributed by atoms with van der Waals surface area (Å²) in [6, 6.07) is 8.83. The molecule has 0 radical (unpaired) electrons. The fourth-order valence-electron chi connectivity index (χ4n) is 3.38. The normalized spacial score (nSPS) is 21.1. The Balaban J connectivity index is 1.74. The summed E-state index contributed by atoms with van der Waals surface area (Å²) in [4.78, 5) is 0. The maximum Gasteiger partial charge on any atom is -0.0109 e. The number of hydrogen-bond donors (Lipinski definition) is 0. The van der Waals surface area contributed by atoms with Crippen molar-refractivity contribution in [3.05, 3.63) is 53.6 Å². The van der Waals surface area contributed by atoms with E-state index in [0.29, 0.717) is 0 Å². The van der Waals surface area contributed by atoms with Gasteiger partial charge < -0.3 is 0 Å². The molecule has 1 aromatic rings. The number of unbranched alkanes of at least 4 members (excludes halogenated alkanes) is 1. The van der Waals surface area contributed by atoms with Crippen molar-refractivity contribution in [2.24, 2.45) is 11.8 Å². The Kier molecular flexibility index (Phi) is 8.47. The number of allylic oxidation sites excluding steroid dienone is 3. The highest BCUT2D eigenvalue weighted by atomic mass is 14.2.